The van der Waals surface area contributed by atoms with Crippen molar-refractivity contribution in [3.63, 3.8) is 0 Å². The Morgan fingerprint density at radius 1 is 1.14 bits per heavy atom. The second-order valence-electron chi connectivity index (χ2n) is 11.3. The minimum absolute atomic E-state index is 0.0593. The molecule has 1 fully saturated rings. The number of carbonyl (C=O) groups is 3. The summed E-state index contributed by atoms with van der Waals surface area (Å²) in [5.41, 5.74) is 2.23. The molecule has 0 saturated carbocycles. The maximum Gasteiger partial charge on any atom is 0.415 e. The fourth-order valence-corrected chi connectivity index (χ4v) is 4.59. The van der Waals surface area contributed by atoms with Gasteiger partial charge in [-0.15, -0.1) is 0 Å². The fraction of sp³-hybridized carbons (Fsp3) is 0.387. The number of pyridine rings is 2. The van der Waals surface area contributed by atoms with Gasteiger partial charge in [-0.25, -0.2) is 14.6 Å². The van der Waals surface area contributed by atoms with Crippen molar-refractivity contribution in [1.29, 1.82) is 0 Å². The van der Waals surface area contributed by atoms with Crippen LogP contribution in [0.2, 0.25) is 0 Å². The SMILES string of the molecule is CC(C)(C)OC(=O)NCCOc1ccnc(-c2cccc(CNCCC3CN(c4ccc5c(n4)NC(=O)CO5)C(=O)O3)c2)c1. The molecular formula is C31H36N6O7. The van der Waals surface area contributed by atoms with Gasteiger partial charge in [0, 0.05) is 24.4 Å². The van der Waals surface area contributed by atoms with E-state index in [1.54, 1.807) is 24.4 Å². The molecule has 0 spiro atoms. The van der Waals surface area contributed by atoms with Crippen molar-refractivity contribution in [1.82, 2.24) is 20.6 Å². The number of anilines is 2. The van der Waals surface area contributed by atoms with E-state index < -0.39 is 17.8 Å². The molecule has 1 atom stereocenters. The van der Waals surface area contributed by atoms with E-state index >= 15 is 0 Å². The van der Waals surface area contributed by atoms with Crippen molar-refractivity contribution in [2.45, 2.75) is 45.4 Å². The summed E-state index contributed by atoms with van der Waals surface area (Å²) in [5, 5.41) is 8.74. The normalized spacial score (nSPS) is 16.0. The van der Waals surface area contributed by atoms with E-state index in [1.165, 1.54) is 4.90 Å². The van der Waals surface area contributed by atoms with Gasteiger partial charge in [0.25, 0.3) is 5.91 Å². The lowest BCUT2D eigenvalue weighted by Gasteiger charge is -2.19. The maximum atomic E-state index is 12.5. The van der Waals surface area contributed by atoms with Gasteiger partial charge in [-0.1, -0.05) is 18.2 Å². The Balaban J connectivity index is 1.06. The molecule has 4 heterocycles. The van der Waals surface area contributed by atoms with Crippen molar-refractivity contribution in [3.05, 3.63) is 60.3 Å². The third kappa shape index (κ3) is 8.34. The molecule has 0 bridgehead atoms. The van der Waals surface area contributed by atoms with E-state index in [0.29, 0.717) is 55.7 Å². The lowest BCUT2D eigenvalue weighted by atomic mass is 10.1. The fourth-order valence-electron chi connectivity index (χ4n) is 4.59. The molecular weight excluding hydrogens is 568 g/mol. The largest absolute Gasteiger partial charge is 0.492 e. The number of ether oxygens (including phenoxy) is 4. The van der Waals surface area contributed by atoms with E-state index in [9.17, 15) is 14.4 Å². The lowest BCUT2D eigenvalue weighted by molar-refractivity contribution is -0.118. The molecule has 1 unspecified atom stereocenters. The number of rotatable bonds is 11. The van der Waals surface area contributed by atoms with Gasteiger partial charge < -0.3 is 34.9 Å². The molecule has 44 heavy (non-hydrogen) atoms. The summed E-state index contributed by atoms with van der Waals surface area (Å²) in [7, 11) is 0. The van der Waals surface area contributed by atoms with Gasteiger partial charge >= 0.3 is 12.2 Å². The number of hydrogen-bond acceptors (Lipinski definition) is 10. The zero-order valence-electron chi connectivity index (χ0n) is 24.9. The van der Waals surface area contributed by atoms with Crippen LogP contribution in [0, 0.1) is 0 Å². The summed E-state index contributed by atoms with van der Waals surface area (Å²) in [6, 6.07) is 15.0. The van der Waals surface area contributed by atoms with Crippen LogP contribution < -0.4 is 30.3 Å². The number of cyclic esters (lactones) is 1. The van der Waals surface area contributed by atoms with Crippen molar-refractivity contribution < 1.29 is 33.3 Å². The van der Waals surface area contributed by atoms with E-state index in [4.69, 9.17) is 18.9 Å². The van der Waals surface area contributed by atoms with Crippen LogP contribution in [0.25, 0.3) is 11.3 Å². The third-order valence-corrected chi connectivity index (χ3v) is 6.58. The smallest absolute Gasteiger partial charge is 0.415 e. The van der Waals surface area contributed by atoms with Gasteiger partial charge in [0.1, 0.15) is 29.9 Å². The number of nitrogens with one attached hydrogen (secondary N) is 3. The van der Waals surface area contributed by atoms with Gasteiger partial charge in [-0.3, -0.25) is 14.7 Å². The molecule has 2 aliphatic heterocycles. The molecule has 13 heteroatoms. The Hall–Kier alpha value is -4.91. The van der Waals surface area contributed by atoms with Crippen molar-refractivity contribution >= 4 is 29.7 Å². The van der Waals surface area contributed by atoms with Crippen LogP contribution in [-0.2, 0) is 20.8 Å². The highest BCUT2D eigenvalue weighted by atomic mass is 16.6. The quantitative estimate of drug-likeness (QED) is 0.275. The first-order valence-corrected chi connectivity index (χ1v) is 14.4. The number of amides is 3. The number of aromatic nitrogens is 2. The van der Waals surface area contributed by atoms with Crippen LogP contribution in [0.3, 0.4) is 0 Å². The summed E-state index contributed by atoms with van der Waals surface area (Å²) < 4.78 is 21.9. The van der Waals surface area contributed by atoms with Crippen LogP contribution in [0.5, 0.6) is 11.5 Å². The first-order valence-electron chi connectivity index (χ1n) is 14.4. The van der Waals surface area contributed by atoms with Crippen LogP contribution in [0.1, 0.15) is 32.8 Å². The Morgan fingerprint density at radius 2 is 2.00 bits per heavy atom. The predicted octanol–water partition coefficient (Wildman–Crippen LogP) is 3.88. The standard InChI is InChI=1S/C31H36N6O7/c1-31(2,3)44-29(39)34-13-14-41-22-10-12-33-24(16-22)21-6-4-5-20(15-21)17-32-11-9-23-18-37(30(40)43-23)26-8-7-25-28(35-26)36-27(38)19-42-25/h4-8,10,12,15-16,23,32H,9,11,13-14,17-19H2,1-3H3,(H,34,39)(H,35,36,38). The minimum atomic E-state index is -0.554. The number of carbonyl (C=O) groups excluding carboxylic acids is 3. The van der Waals surface area contributed by atoms with E-state index in [1.807, 2.05) is 45.0 Å². The van der Waals surface area contributed by atoms with Crippen LogP contribution in [0.4, 0.5) is 21.2 Å². The molecule has 0 aliphatic carbocycles. The second kappa shape index (κ2) is 13.6. The number of nitrogens with zero attached hydrogens (tertiary/aromatic N) is 3. The van der Waals surface area contributed by atoms with Gasteiger partial charge in [0.05, 0.1) is 18.8 Å². The molecule has 232 valence electrons. The molecule has 1 saturated heterocycles. The first-order chi connectivity index (χ1) is 21.1. The van der Waals surface area contributed by atoms with Crippen molar-refractivity contribution in [3.8, 4) is 22.8 Å². The molecule has 13 nitrogen and oxygen atoms in total. The Bertz CT molecular complexity index is 1510. The highest BCUT2D eigenvalue weighted by Gasteiger charge is 2.33. The number of benzene rings is 1. The van der Waals surface area contributed by atoms with Crippen molar-refractivity contribution in [2.24, 2.45) is 0 Å². The number of fused-ring (bicyclic) bond motifs is 1. The average Bonchev–Trinajstić information content (AvgIpc) is 3.36. The van der Waals surface area contributed by atoms with E-state index in [2.05, 4.69) is 32.0 Å². The maximum absolute atomic E-state index is 12.5. The molecule has 0 radical (unpaired) electrons. The summed E-state index contributed by atoms with van der Waals surface area (Å²) >= 11 is 0. The zero-order chi connectivity index (χ0) is 31.1. The summed E-state index contributed by atoms with van der Waals surface area (Å²) in [6.45, 7) is 7.59. The van der Waals surface area contributed by atoms with Gasteiger partial charge in [0.15, 0.2) is 18.2 Å². The number of hydrogen-bond donors (Lipinski definition) is 3. The topological polar surface area (TPSA) is 153 Å². The van der Waals surface area contributed by atoms with E-state index in [0.717, 1.165) is 16.8 Å². The Kier molecular flexibility index (Phi) is 9.44. The molecule has 2 aliphatic rings. The molecule has 1 aromatic carbocycles. The second-order valence-corrected chi connectivity index (χ2v) is 11.3. The first kappa shape index (κ1) is 30.5. The summed E-state index contributed by atoms with van der Waals surface area (Å²) in [6.07, 6.45) is 1.06. The molecule has 3 N–H and O–H groups in total. The zero-order valence-corrected chi connectivity index (χ0v) is 24.9. The van der Waals surface area contributed by atoms with Gasteiger partial charge in [0.2, 0.25) is 0 Å². The lowest BCUT2D eigenvalue weighted by Crippen LogP contribution is -2.34. The van der Waals surface area contributed by atoms with Crippen LogP contribution >= 0.6 is 0 Å². The van der Waals surface area contributed by atoms with E-state index in [-0.39, 0.29) is 25.2 Å². The summed E-state index contributed by atoms with van der Waals surface area (Å²) in [4.78, 5) is 46.2. The monoisotopic (exact) mass is 604 g/mol. The molecule has 3 amide bonds. The number of alkyl carbamates (subject to hydrolysis) is 1. The molecule has 3 aromatic rings. The minimum Gasteiger partial charge on any atom is -0.492 e. The summed E-state index contributed by atoms with van der Waals surface area (Å²) in [5.74, 6) is 1.51. The van der Waals surface area contributed by atoms with Gasteiger partial charge in [-0.05, 0) is 63.6 Å². The van der Waals surface area contributed by atoms with Crippen LogP contribution in [-0.4, -0.2) is 72.6 Å². The van der Waals surface area contributed by atoms with Crippen LogP contribution in [0.15, 0.2) is 54.7 Å². The molecule has 2 aromatic heterocycles. The predicted molar refractivity (Wildman–Crippen MR) is 162 cm³/mol. The third-order valence-electron chi connectivity index (χ3n) is 6.58. The Labute approximate surface area is 255 Å². The highest BCUT2D eigenvalue weighted by molar-refractivity contribution is 5.95. The average molecular weight is 605 g/mol. The highest BCUT2D eigenvalue weighted by Crippen LogP contribution is 2.30. The Morgan fingerprint density at radius 3 is 2.84 bits per heavy atom. The van der Waals surface area contributed by atoms with Crippen molar-refractivity contribution in [2.75, 3.05) is 43.1 Å². The van der Waals surface area contributed by atoms with Gasteiger partial charge in [-0.2, -0.15) is 0 Å². The molecule has 5 rings (SSSR count).